The fourth-order valence-electron chi connectivity index (χ4n) is 3.32. The first-order valence-corrected chi connectivity index (χ1v) is 5.42. The van der Waals surface area contributed by atoms with Crippen molar-refractivity contribution in [3.63, 3.8) is 0 Å². The van der Waals surface area contributed by atoms with E-state index in [9.17, 15) is 4.79 Å². The molecule has 2 nitrogen and oxygen atoms in total. The van der Waals surface area contributed by atoms with E-state index in [-0.39, 0.29) is 5.92 Å². The topological polar surface area (TPSA) is 37.3 Å². The molecule has 3 unspecified atom stereocenters. The molecule has 1 saturated carbocycles. The average molecular weight is 202 g/mol. The zero-order chi connectivity index (χ0) is 10.7. The smallest absolute Gasteiger partial charge is 0.307 e. The van der Waals surface area contributed by atoms with E-state index in [2.05, 4.69) is 26.0 Å². The van der Waals surface area contributed by atoms with Gasteiger partial charge in [0.1, 0.15) is 0 Å². The van der Waals surface area contributed by atoms with Crippen LogP contribution in [0.2, 0.25) is 0 Å². The summed E-state index contributed by atoms with van der Waals surface area (Å²) >= 11 is 0. The highest BCUT2D eigenvalue weighted by Gasteiger charge is 2.60. The largest absolute Gasteiger partial charge is 0.481 e. The van der Waals surface area contributed by atoms with Crippen LogP contribution in [0.5, 0.6) is 0 Å². The molecule has 0 bridgehead atoms. The van der Waals surface area contributed by atoms with Crippen LogP contribution in [-0.2, 0) is 11.2 Å². The molecule has 0 radical (unpaired) electrons. The van der Waals surface area contributed by atoms with Gasteiger partial charge in [0.05, 0.1) is 5.92 Å². The van der Waals surface area contributed by atoms with Crippen molar-refractivity contribution in [3.05, 3.63) is 34.4 Å². The Morgan fingerprint density at radius 2 is 2.13 bits per heavy atom. The molecule has 2 aliphatic carbocycles. The Kier molecular flexibility index (Phi) is 1.57. The van der Waals surface area contributed by atoms with Gasteiger partial charge in [-0.1, -0.05) is 17.7 Å². The number of hydrogen-bond acceptors (Lipinski definition) is 1. The van der Waals surface area contributed by atoms with E-state index in [1.807, 2.05) is 0 Å². The second-order valence-electron chi connectivity index (χ2n) is 4.91. The lowest BCUT2D eigenvalue weighted by Gasteiger charge is -2.10. The quantitative estimate of drug-likeness (QED) is 0.758. The molecule has 0 amide bonds. The number of aryl methyl sites for hydroxylation is 2. The first kappa shape index (κ1) is 8.96. The van der Waals surface area contributed by atoms with Gasteiger partial charge >= 0.3 is 5.97 Å². The summed E-state index contributed by atoms with van der Waals surface area (Å²) in [5.41, 5.74) is 5.29. The van der Waals surface area contributed by atoms with Crippen molar-refractivity contribution in [1.29, 1.82) is 0 Å². The zero-order valence-corrected chi connectivity index (χ0v) is 8.95. The molecule has 0 aromatic heterocycles. The molecule has 1 aromatic rings. The van der Waals surface area contributed by atoms with Crippen molar-refractivity contribution in [3.8, 4) is 0 Å². The van der Waals surface area contributed by atoms with Crippen molar-refractivity contribution in [2.75, 3.05) is 0 Å². The number of carbonyl (C=O) groups is 1. The van der Waals surface area contributed by atoms with Crippen LogP contribution in [0.25, 0.3) is 0 Å². The van der Waals surface area contributed by atoms with Crippen molar-refractivity contribution >= 4 is 5.97 Å². The second kappa shape index (κ2) is 2.63. The third-order valence-electron chi connectivity index (χ3n) is 3.86. The Morgan fingerprint density at radius 1 is 1.40 bits per heavy atom. The van der Waals surface area contributed by atoms with Crippen molar-refractivity contribution in [2.45, 2.75) is 26.2 Å². The molecule has 0 heterocycles. The summed E-state index contributed by atoms with van der Waals surface area (Å²) in [6, 6.07) is 4.38. The molecule has 1 N–H and O–H groups in total. The average Bonchev–Trinajstić information content (AvgIpc) is 2.67. The summed E-state index contributed by atoms with van der Waals surface area (Å²) in [6.45, 7) is 4.21. The summed E-state index contributed by atoms with van der Waals surface area (Å²) in [5.74, 6) is -0.00867. The van der Waals surface area contributed by atoms with Gasteiger partial charge in [0.15, 0.2) is 0 Å². The lowest BCUT2D eigenvalue weighted by atomic mass is 9.95. The number of rotatable bonds is 1. The van der Waals surface area contributed by atoms with Crippen LogP contribution in [-0.4, -0.2) is 11.1 Å². The van der Waals surface area contributed by atoms with Gasteiger partial charge in [-0.15, -0.1) is 0 Å². The summed E-state index contributed by atoms with van der Waals surface area (Å²) in [6.07, 6.45) is 0.972. The first-order chi connectivity index (χ1) is 7.09. The minimum Gasteiger partial charge on any atom is -0.481 e. The van der Waals surface area contributed by atoms with Crippen LogP contribution < -0.4 is 0 Å². The third kappa shape index (κ3) is 1.08. The fraction of sp³-hybridized carbons (Fsp3) is 0.462. The van der Waals surface area contributed by atoms with Crippen LogP contribution in [0.15, 0.2) is 12.1 Å². The Hall–Kier alpha value is -1.31. The monoisotopic (exact) mass is 202 g/mol. The number of carboxylic acid groups (broad SMARTS) is 1. The lowest BCUT2D eigenvalue weighted by Crippen LogP contribution is -2.06. The number of aliphatic carboxylic acids is 1. The molecule has 15 heavy (non-hydrogen) atoms. The maximum absolute atomic E-state index is 11.0. The van der Waals surface area contributed by atoms with Crippen LogP contribution in [0.1, 0.15) is 28.2 Å². The molecule has 0 saturated heterocycles. The van der Waals surface area contributed by atoms with Gasteiger partial charge in [0.25, 0.3) is 0 Å². The predicted molar refractivity (Wildman–Crippen MR) is 57.0 cm³/mol. The van der Waals surface area contributed by atoms with Crippen LogP contribution in [0.3, 0.4) is 0 Å². The Balaban J connectivity index is 2.06. The van der Waals surface area contributed by atoms with Gasteiger partial charge in [-0.25, -0.2) is 0 Å². The van der Waals surface area contributed by atoms with Crippen LogP contribution >= 0.6 is 0 Å². The maximum Gasteiger partial charge on any atom is 0.307 e. The first-order valence-electron chi connectivity index (χ1n) is 5.42. The summed E-state index contributed by atoms with van der Waals surface area (Å²) in [4.78, 5) is 11.0. The fourth-order valence-corrected chi connectivity index (χ4v) is 3.32. The van der Waals surface area contributed by atoms with Crippen LogP contribution in [0.4, 0.5) is 0 Å². The molecule has 1 fully saturated rings. The van der Waals surface area contributed by atoms with E-state index in [1.165, 1.54) is 22.3 Å². The molecular weight excluding hydrogens is 188 g/mol. The Morgan fingerprint density at radius 3 is 2.80 bits per heavy atom. The molecule has 0 aliphatic heterocycles. The highest BCUT2D eigenvalue weighted by molar-refractivity contribution is 5.78. The molecule has 2 heteroatoms. The van der Waals surface area contributed by atoms with Crippen LogP contribution in [0, 0.1) is 25.7 Å². The van der Waals surface area contributed by atoms with Gasteiger partial charge in [0.2, 0.25) is 0 Å². The van der Waals surface area contributed by atoms with E-state index in [1.54, 1.807) is 0 Å². The summed E-state index contributed by atoms with van der Waals surface area (Å²) in [5, 5.41) is 9.03. The minimum absolute atomic E-state index is 0.0982. The second-order valence-corrected chi connectivity index (χ2v) is 4.91. The minimum atomic E-state index is -0.615. The third-order valence-corrected chi connectivity index (χ3v) is 3.86. The van der Waals surface area contributed by atoms with E-state index >= 15 is 0 Å². The van der Waals surface area contributed by atoms with Gasteiger partial charge in [-0.2, -0.15) is 0 Å². The highest BCUT2D eigenvalue weighted by Crippen LogP contribution is 2.62. The van der Waals surface area contributed by atoms with Gasteiger partial charge in [-0.05, 0) is 42.9 Å². The highest BCUT2D eigenvalue weighted by atomic mass is 16.4. The molecule has 3 rings (SSSR count). The Bertz CT molecular complexity index is 462. The zero-order valence-electron chi connectivity index (χ0n) is 8.95. The van der Waals surface area contributed by atoms with Crippen molar-refractivity contribution < 1.29 is 9.90 Å². The van der Waals surface area contributed by atoms with E-state index in [4.69, 9.17) is 5.11 Å². The van der Waals surface area contributed by atoms with Gasteiger partial charge in [0, 0.05) is 5.92 Å². The standard InChI is InChI=1S/C13H14O2/c1-6-3-7(2)10-8(4-6)5-9-11(10)12(9)13(14)15/h3-4,9,11-12H,5H2,1-2H3,(H,14,15). The van der Waals surface area contributed by atoms with Gasteiger partial charge in [-0.3, -0.25) is 4.79 Å². The SMILES string of the molecule is Cc1cc(C)c2c(c1)CC1C(C(=O)O)C21. The molecule has 2 aliphatic rings. The van der Waals surface area contributed by atoms with Gasteiger partial charge < -0.3 is 5.11 Å². The summed E-state index contributed by atoms with van der Waals surface area (Å²) in [7, 11) is 0. The predicted octanol–water partition coefficient (Wildman–Crippen LogP) is 2.27. The molecule has 0 spiro atoms. The van der Waals surface area contributed by atoms with E-state index < -0.39 is 5.97 Å². The molecule has 1 aromatic carbocycles. The number of benzene rings is 1. The molecule has 3 atom stereocenters. The Labute approximate surface area is 88.9 Å². The molecular formula is C13H14O2. The maximum atomic E-state index is 11.0. The number of hydrogen-bond donors (Lipinski definition) is 1. The van der Waals surface area contributed by atoms with Crippen molar-refractivity contribution in [2.24, 2.45) is 11.8 Å². The van der Waals surface area contributed by atoms with Crippen molar-refractivity contribution in [1.82, 2.24) is 0 Å². The normalized spacial score (nSPS) is 30.9. The lowest BCUT2D eigenvalue weighted by molar-refractivity contribution is -0.139. The number of fused-ring (bicyclic) bond motifs is 3. The van der Waals surface area contributed by atoms with E-state index in [0.29, 0.717) is 11.8 Å². The molecule has 78 valence electrons. The summed E-state index contributed by atoms with van der Waals surface area (Å²) < 4.78 is 0. The van der Waals surface area contributed by atoms with E-state index in [0.717, 1.165) is 6.42 Å². The number of carboxylic acids is 1.